The number of anilines is 1. The molecule has 2 N–H and O–H groups in total. The lowest BCUT2D eigenvalue weighted by molar-refractivity contribution is -0.143. The van der Waals surface area contributed by atoms with Crippen molar-refractivity contribution < 1.29 is 9.53 Å². The van der Waals surface area contributed by atoms with Gasteiger partial charge in [-0.15, -0.1) is 0 Å². The lowest BCUT2D eigenvalue weighted by Crippen LogP contribution is -2.17. The van der Waals surface area contributed by atoms with Crippen LogP contribution in [0.25, 0.3) is 0 Å². The van der Waals surface area contributed by atoms with Gasteiger partial charge in [-0.05, 0) is 37.4 Å². The van der Waals surface area contributed by atoms with Crippen molar-refractivity contribution in [3.05, 3.63) is 29.3 Å². The Morgan fingerprint density at radius 2 is 2.37 bits per heavy atom. The van der Waals surface area contributed by atoms with E-state index in [1.165, 1.54) is 16.8 Å². The Labute approximate surface area is 114 Å². The number of ether oxygens (including phenoxy) is 1. The van der Waals surface area contributed by atoms with Crippen molar-refractivity contribution in [1.82, 2.24) is 5.32 Å². The maximum Gasteiger partial charge on any atom is 0.305 e. The Balaban J connectivity index is 1.69. The predicted octanol–water partition coefficient (Wildman–Crippen LogP) is 2.09. The van der Waals surface area contributed by atoms with Crippen molar-refractivity contribution in [2.45, 2.75) is 32.7 Å². The van der Waals surface area contributed by atoms with Gasteiger partial charge in [0.1, 0.15) is 0 Å². The summed E-state index contributed by atoms with van der Waals surface area (Å²) in [7, 11) is 0. The third-order valence-corrected chi connectivity index (χ3v) is 3.29. The lowest BCUT2D eigenvalue weighted by Gasteiger charge is -2.10. The molecule has 0 fully saturated rings. The van der Waals surface area contributed by atoms with Gasteiger partial charge < -0.3 is 15.4 Å². The summed E-state index contributed by atoms with van der Waals surface area (Å²) in [6.07, 6.45) is 2.43. The summed E-state index contributed by atoms with van der Waals surface area (Å²) in [6, 6.07) is 6.44. The van der Waals surface area contributed by atoms with Gasteiger partial charge in [0.25, 0.3) is 0 Å². The van der Waals surface area contributed by atoms with E-state index in [1.807, 2.05) is 6.92 Å². The van der Waals surface area contributed by atoms with Crippen molar-refractivity contribution >= 4 is 11.7 Å². The molecule has 4 nitrogen and oxygen atoms in total. The number of carbonyl (C=O) groups is 1. The standard InChI is InChI=1S/C15H22N2O2/c1-2-19-14(18)7-4-9-16-11-13-6-3-5-12-8-10-17-15(12)13/h3,5-6,16-17H,2,4,7-11H2,1H3. The molecular weight excluding hydrogens is 240 g/mol. The molecule has 0 aliphatic carbocycles. The van der Waals surface area contributed by atoms with Crippen LogP contribution in [-0.2, 0) is 22.5 Å². The fourth-order valence-corrected chi connectivity index (χ4v) is 2.37. The summed E-state index contributed by atoms with van der Waals surface area (Å²) in [5.74, 6) is -0.105. The van der Waals surface area contributed by atoms with E-state index in [9.17, 15) is 4.79 Å². The SMILES string of the molecule is CCOC(=O)CCCNCc1cccc2c1NCC2. The number of esters is 1. The molecule has 0 saturated carbocycles. The molecule has 0 radical (unpaired) electrons. The molecule has 1 aromatic carbocycles. The quantitative estimate of drug-likeness (QED) is 0.583. The maximum atomic E-state index is 11.2. The first-order valence-electron chi connectivity index (χ1n) is 7.02. The zero-order valence-electron chi connectivity index (χ0n) is 11.5. The first-order valence-corrected chi connectivity index (χ1v) is 7.02. The molecule has 1 aromatic rings. The number of para-hydroxylation sites is 1. The molecule has 1 heterocycles. The van der Waals surface area contributed by atoms with Crippen molar-refractivity contribution in [3.63, 3.8) is 0 Å². The van der Waals surface area contributed by atoms with Crippen molar-refractivity contribution in [1.29, 1.82) is 0 Å². The van der Waals surface area contributed by atoms with Gasteiger partial charge in [0.15, 0.2) is 0 Å². The zero-order valence-corrected chi connectivity index (χ0v) is 11.5. The van der Waals surface area contributed by atoms with E-state index in [1.54, 1.807) is 0 Å². The molecule has 0 unspecified atom stereocenters. The van der Waals surface area contributed by atoms with Crippen LogP contribution in [0.5, 0.6) is 0 Å². The third kappa shape index (κ3) is 3.96. The molecule has 0 bridgehead atoms. The average Bonchev–Trinajstić information content (AvgIpc) is 2.87. The molecule has 2 rings (SSSR count). The van der Waals surface area contributed by atoms with E-state index in [2.05, 4.69) is 28.8 Å². The minimum absolute atomic E-state index is 0.105. The molecule has 0 aromatic heterocycles. The van der Waals surface area contributed by atoms with E-state index in [0.29, 0.717) is 13.0 Å². The molecule has 0 atom stereocenters. The highest BCUT2D eigenvalue weighted by Gasteiger charge is 2.12. The number of nitrogens with one attached hydrogen (secondary N) is 2. The van der Waals surface area contributed by atoms with Gasteiger partial charge in [-0.1, -0.05) is 18.2 Å². The summed E-state index contributed by atoms with van der Waals surface area (Å²) in [5, 5.41) is 6.81. The first-order chi connectivity index (χ1) is 9.31. The van der Waals surface area contributed by atoms with Crippen LogP contribution >= 0.6 is 0 Å². The fourth-order valence-electron chi connectivity index (χ4n) is 2.37. The van der Waals surface area contributed by atoms with Gasteiger partial charge in [0, 0.05) is 25.2 Å². The van der Waals surface area contributed by atoms with Crippen LogP contribution in [-0.4, -0.2) is 25.7 Å². The van der Waals surface area contributed by atoms with Gasteiger partial charge in [-0.3, -0.25) is 4.79 Å². The Morgan fingerprint density at radius 3 is 3.21 bits per heavy atom. The summed E-state index contributed by atoms with van der Waals surface area (Å²) >= 11 is 0. The van der Waals surface area contributed by atoms with Crippen LogP contribution < -0.4 is 10.6 Å². The highest BCUT2D eigenvalue weighted by molar-refractivity contribution is 5.69. The molecule has 1 aliphatic rings. The van der Waals surface area contributed by atoms with Crippen LogP contribution in [0.3, 0.4) is 0 Å². The van der Waals surface area contributed by atoms with Crippen LogP contribution in [0.4, 0.5) is 5.69 Å². The Hall–Kier alpha value is -1.55. The van der Waals surface area contributed by atoms with E-state index in [4.69, 9.17) is 4.74 Å². The van der Waals surface area contributed by atoms with Crippen molar-refractivity contribution in [2.75, 3.05) is 25.0 Å². The topological polar surface area (TPSA) is 50.4 Å². The second-order valence-electron chi connectivity index (χ2n) is 4.71. The van der Waals surface area contributed by atoms with Gasteiger partial charge >= 0.3 is 5.97 Å². The predicted molar refractivity (Wildman–Crippen MR) is 76.2 cm³/mol. The van der Waals surface area contributed by atoms with E-state index in [-0.39, 0.29) is 5.97 Å². The average molecular weight is 262 g/mol. The van der Waals surface area contributed by atoms with E-state index in [0.717, 1.165) is 32.5 Å². The summed E-state index contributed by atoms with van der Waals surface area (Å²) in [5.41, 5.74) is 4.01. The number of carbonyl (C=O) groups excluding carboxylic acids is 1. The molecule has 0 amide bonds. The Kier molecular flexibility index (Phi) is 5.21. The number of hydrogen-bond acceptors (Lipinski definition) is 4. The maximum absolute atomic E-state index is 11.2. The number of fused-ring (bicyclic) bond motifs is 1. The molecule has 1 aliphatic heterocycles. The molecule has 4 heteroatoms. The van der Waals surface area contributed by atoms with Crippen LogP contribution in [0.1, 0.15) is 30.9 Å². The minimum atomic E-state index is -0.105. The van der Waals surface area contributed by atoms with Gasteiger partial charge in [0.2, 0.25) is 0 Å². The van der Waals surface area contributed by atoms with Gasteiger partial charge in [0.05, 0.1) is 6.61 Å². The van der Waals surface area contributed by atoms with Crippen molar-refractivity contribution in [2.24, 2.45) is 0 Å². The highest BCUT2D eigenvalue weighted by atomic mass is 16.5. The number of hydrogen-bond donors (Lipinski definition) is 2. The Bertz CT molecular complexity index is 432. The number of rotatable bonds is 7. The summed E-state index contributed by atoms with van der Waals surface area (Å²) in [6.45, 7) is 5.02. The van der Waals surface area contributed by atoms with Gasteiger partial charge in [-0.2, -0.15) is 0 Å². The highest BCUT2D eigenvalue weighted by Crippen LogP contribution is 2.26. The third-order valence-electron chi connectivity index (χ3n) is 3.29. The second kappa shape index (κ2) is 7.14. The van der Waals surface area contributed by atoms with Gasteiger partial charge in [-0.25, -0.2) is 0 Å². The van der Waals surface area contributed by atoms with Crippen molar-refractivity contribution in [3.8, 4) is 0 Å². The van der Waals surface area contributed by atoms with E-state index >= 15 is 0 Å². The molecule has 0 spiro atoms. The fraction of sp³-hybridized carbons (Fsp3) is 0.533. The van der Waals surface area contributed by atoms with Crippen LogP contribution in [0, 0.1) is 0 Å². The zero-order chi connectivity index (χ0) is 13.5. The molecule has 19 heavy (non-hydrogen) atoms. The molecule has 104 valence electrons. The molecule has 0 saturated heterocycles. The Morgan fingerprint density at radius 1 is 1.47 bits per heavy atom. The smallest absolute Gasteiger partial charge is 0.305 e. The van der Waals surface area contributed by atoms with Crippen LogP contribution in [0.2, 0.25) is 0 Å². The van der Waals surface area contributed by atoms with Crippen LogP contribution in [0.15, 0.2) is 18.2 Å². The largest absolute Gasteiger partial charge is 0.466 e. The lowest BCUT2D eigenvalue weighted by atomic mass is 10.1. The first kappa shape index (κ1) is 13.9. The molecular formula is C15H22N2O2. The summed E-state index contributed by atoms with van der Waals surface area (Å²) < 4.78 is 4.89. The normalized spacial score (nSPS) is 12.9. The van der Waals surface area contributed by atoms with E-state index < -0.39 is 0 Å². The number of benzene rings is 1. The summed E-state index contributed by atoms with van der Waals surface area (Å²) in [4.78, 5) is 11.2. The minimum Gasteiger partial charge on any atom is -0.466 e. The monoisotopic (exact) mass is 262 g/mol. The second-order valence-corrected chi connectivity index (χ2v) is 4.71.